The highest BCUT2D eigenvalue weighted by Crippen LogP contribution is 2.53. The van der Waals surface area contributed by atoms with Crippen molar-refractivity contribution < 1.29 is 33.1 Å². The zero-order valence-corrected chi connectivity index (χ0v) is 27.9. The van der Waals surface area contributed by atoms with Crippen molar-refractivity contribution in [1.29, 1.82) is 0 Å². The molecule has 3 atom stereocenters. The van der Waals surface area contributed by atoms with Gasteiger partial charge < -0.3 is 41.6 Å². The van der Waals surface area contributed by atoms with Crippen LogP contribution in [0.15, 0.2) is 114 Å². The lowest BCUT2D eigenvalue weighted by atomic mass is 10.1. The van der Waals surface area contributed by atoms with Gasteiger partial charge in [-0.15, -0.1) is 0 Å². The molecule has 0 aromatic heterocycles. The lowest BCUT2D eigenvalue weighted by molar-refractivity contribution is -0.130. The van der Waals surface area contributed by atoms with Crippen LogP contribution in [0, 0.1) is 6.92 Å². The minimum Gasteiger partial charge on any atom is -0.415 e. The molecule has 0 saturated heterocycles. The summed E-state index contributed by atoms with van der Waals surface area (Å²) in [5, 5.41) is 17.6. The van der Waals surface area contributed by atoms with E-state index in [2.05, 4.69) is 20.9 Å². The number of aryl methyl sites for hydroxylation is 1. The molecule has 49 heavy (non-hydrogen) atoms. The van der Waals surface area contributed by atoms with Gasteiger partial charge in [0.05, 0.1) is 12.3 Å². The number of aliphatic imine (C=N–C) groups is 1. The van der Waals surface area contributed by atoms with Crippen LogP contribution in [0.4, 0.5) is 5.69 Å². The van der Waals surface area contributed by atoms with Crippen molar-refractivity contribution in [3.05, 3.63) is 126 Å². The SMILES string of the molecule is Cc1cccc(C(=O)NC(CO)C(=O)NC(C)C(=O)NC(Cc2ccc(N=C(N)N)cc2)P(=O)(Oc2ccccc2)Oc2ccccc2)c1. The predicted octanol–water partition coefficient (Wildman–Crippen LogP) is 3.53. The number of para-hydroxylation sites is 2. The number of hydrogen-bond acceptors (Lipinski definition) is 8. The van der Waals surface area contributed by atoms with E-state index in [4.69, 9.17) is 20.5 Å². The van der Waals surface area contributed by atoms with Gasteiger partial charge in [0, 0.05) is 12.0 Å². The van der Waals surface area contributed by atoms with Crippen molar-refractivity contribution >= 4 is 37.0 Å². The summed E-state index contributed by atoms with van der Waals surface area (Å²) in [6.45, 7) is 2.50. The number of amides is 3. The highest BCUT2D eigenvalue weighted by atomic mass is 31.2. The molecule has 0 aliphatic heterocycles. The number of carbonyl (C=O) groups is 3. The van der Waals surface area contributed by atoms with Crippen LogP contribution in [0.5, 0.6) is 11.5 Å². The first kappa shape index (κ1) is 36.2. The average molecular weight is 687 g/mol. The van der Waals surface area contributed by atoms with E-state index in [-0.39, 0.29) is 23.9 Å². The van der Waals surface area contributed by atoms with Crippen molar-refractivity contribution in [3.63, 3.8) is 0 Å². The monoisotopic (exact) mass is 686 g/mol. The topological polar surface area (TPSA) is 207 Å². The normalized spacial score (nSPS) is 12.8. The summed E-state index contributed by atoms with van der Waals surface area (Å²) >= 11 is 0. The van der Waals surface area contributed by atoms with Crippen molar-refractivity contribution in [2.45, 2.75) is 38.1 Å². The maximum atomic E-state index is 14.8. The Bertz CT molecular complexity index is 1760. The Morgan fingerprint density at radius 3 is 1.92 bits per heavy atom. The number of nitrogens with two attached hydrogens (primary N) is 2. The fourth-order valence-corrected chi connectivity index (χ4v) is 6.46. The molecular weight excluding hydrogens is 647 g/mol. The summed E-state index contributed by atoms with van der Waals surface area (Å²) in [5.41, 5.74) is 13.2. The van der Waals surface area contributed by atoms with Crippen molar-refractivity contribution in [1.82, 2.24) is 16.0 Å². The molecule has 0 radical (unpaired) electrons. The molecule has 3 unspecified atom stereocenters. The van der Waals surface area contributed by atoms with Crippen LogP contribution in [0.2, 0.25) is 0 Å². The van der Waals surface area contributed by atoms with Crippen molar-refractivity contribution in [2.24, 2.45) is 16.5 Å². The molecule has 0 aliphatic rings. The van der Waals surface area contributed by atoms with E-state index in [9.17, 15) is 24.1 Å². The molecule has 0 bridgehead atoms. The number of guanidine groups is 1. The molecule has 8 N–H and O–H groups in total. The van der Waals surface area contributed by atoms with Crippen LogP contribution >= 0.6 is 7.60 Å². The largest absolute Gasteiger partial charge is 0.453 e. The van der Waals surface area contributed by atoms with E-state index >= 15 is 0 Å². The highest BCUT2D eigenvalue weighted by molar-refractivity contribution is 7.55. The smallest absolute Gasteiger partial charge is 0.415 e. The Balaban J connectivity index is 1.58. The molecular formula is C35H39N6O7P. The van der Waals surface area contributed by atoms with Crippen molar-refractivity contribution in [3.8, 4) is 11.5 Å². The summed E-state index contributed by atoms with van der Waals surface area (Å²) in [6.07, 6.45) is -0.0305. The van der Waals surface area contributed by atoms with Crippen LogP contribution in [0.25, 0.3) is 0 Å². The first-order chi connectivity index (χ1) is 23.5. The fourth-order valence-electron chi connectivity index (χ4n) is 4.61. The van der Waals surface area contributed by atoms with Gasteiger partial charge in [-0.05, 0) is 67.9 Å². The van der Waals surface area contributed by atoms with Gasteiger partial charge in [-0.2, -0.15) is 0 Å². The van der Waals surface area contributed by atoms with Crippen molar-refractivity contribution in [2.75, 3.05) is 6.61 Å². The number of nitrogens with zero attached hydrogens (tertiary/aromatic N) is 1. The van der Waals surface area contributed by atoms with E-state index in [0.717, 1.165) is 5.56 Å². The molecule has 0 saturated carbocycles. The molecule has 256 valence electrons. The van der Waals surface area contributed by atoms with Gasteiger partial charge in [-0.25, -0.2) is 9.56 Å². The van der Waals surface area contributed by atoms with E-state index < -0.39 is 49.8 Å². The zero-order chi connectivity index (χ0) is 35.4. The molecule has 0 fully saturated rings. The van der Waals surface area contributed by atoms with Crippen LogP contribution in [0.1, 0.15) is 28.4 Å². The first-order valence-electron chi connectivity index (χ1n) is 15.3. The highest BCUT2D eigenvalue weighted by Gasteiger charge is 2.41. The Morgan fingerprint density at radius 2 is 1.39 bits per heavy atom. The number of aliphatic hydroxyl groups is 1. The van der Waals surface area contributed by atoms with Gasteiger partial charge in [0.2, 0.25) is 11.8 Å². The third kappa shape index (κ3) is 10.7. The zero-order valence-electron chi connectivity index (χ0n) is 27.0. The molecule has 4 aromatic rings. The Morgan fingerprint density at radius 1 is 0.796 bits per heavy atom. The number of aliphatic hydroxyl groups excluding tert-OH is 1. The summed E-state index contributed by atoms with van der Waals surface area (Å²) in [4.78, 5) is 43.5. The standard InChI is InChI=1S/C35H39N6O7P/c1-23-10-9-11-26(20-23)33(44)40-30(22-42)34(45)38-24(2)32(43)41-31(21-25-16-18-27(19-17-25)39-35(36)37)49(46,47-28-12-5-3-6-13-28)48-29-14-7-4-8-15-29/h3-20,24,30-31,42H,21-22H2,1-2H3,(H,38,45)(H,40,44)(H,41,43)(H4,36,37,39). The Kier molecular flexibility index (Phi) is 12.5. The molecule has 0 spiro atoms. The Hall–Kier alpha value is -5.65. The lowest BCUT2D eigenvalue weighted by Gasteiger charge is -2.29. The Labute approximate surface area is 284 Å². The fraction of sp³-hybridized carbons (Fsp3) is 0.200. The quantitative estimate of drug-likeness (QED) is 0.0613. The molecule has 13 nitrogen and oxygen atoms in total. The second-order valence-electron chi connectivity index (χ2n) is 11.1. The number of nitrogens with one attached hydrogen (secondary N) is 3. The molecule has 4 rings (SSSR count). The minimum atomic E-state index is -4.29. The van der Waals surface area contributed by atoms with Crippen LogP contribution in [0.3, 0.4) is 0 Å². The average Bonchev–Trinajstić information content (AvgIpc) is 3.08. The summed E-state index contributed by atoms with van der Waals surface area (Å²) < 4.78 is 26.8. The van der Waals surface area contributed by atoms with E-state index in [1.165, 1.54) is 6.92 Å². The van der Waals surface area contributed by atoms with E-state index in [1.807, 2.05) is 13.0 Å². The lowest BCUT2D eigenvalue weighted by Crippen LogP contribution is -2.55. The van der Waals surface area contributed by atoms with Crippen LogP contribution in [-0.2, 0) is 20.6 Å². The van der Waals surface area contributed by atoms with Crippen LogP contribution < -0.4 is 36.5 Å². The first-order valence-corrected chi connectivity index (χ1v) is 16.9. The minimum absolute atomic E-state index is 0.0305. The van der Waals surface area contributed by atoms with Gasteiger partial charge in [-0.3, -0.25) is 14.4 Å². The van der Waals surface area contributed by atoms with Gasteiger partial charge >= 0.3 is 7.60 Å². The third-order valence-electron chi connectivity index (χ3n) is 7.10. The second-order valence-corrected chi connectivity index (χ2v) is 13.2. The molecule has 4 aromatic carbocycles. The molecule has 0 aliphatic carbocycles. The summed E-state index contributed by atoms with van der Waals surface area (Å²) in [5.74, 6) is -3.03. The van der Waals surface area contributed by atoms with Gasteiger partial charge in [-0.1, -0.05) is 66.2 Å². The molecule has 3 amide bonds. The molecule has 0 heterocycles. The third-order valence-corrected chi connectivity index (χ3v) is 9.11. The maximum absolute atomic E-state index is 14.8. The number of rotatable bonds is 15. The predicted molar refractivity (Wildman–Crippen MR) is 186 cm³/mol. The van der Waals surface area contributed by atoms with Gasteiger partial charge in [0.15, 0.2) is 11.7 Å². The van der Waals surface area contributed by atoms with E-state index in [0.29, 0.717) is 16.8 Å². The summed E-state index contributed by atoms with van der Waals surface area (Å²) in [6, 6.07) is 27.6. The van der Waals surface area contributed by atoms with Crippen LogP contribution in [-0.4, -0.2) is 53.3 Å². The van der Waals surface area contributed by atoms with Gasteiger partial charge in [0.25, 0.3) is 5.91 Å². The number of carbonyl (C=O) groups excluding carboxylic acids is 3. The van der Waals surface area contributed by atoms with E-state index in [1.54, 1.807) is 103 Å². The number of benzene rings is 4. The summed E-state index contributed by atoms with van der Waals surface area (Å²) in [7, 11) is -4.29. The number of hydrogen-bond donors (Lipinski definition) is 6. The molecule has 14 heteroatoms. The van der Waals surface area contributed by atoms with Gasteiger partial charge in [0.1, 0.15) is 23.6 Å². The maximum Gasteiger partial charge on any atom is 0.453 e. The second kappa shape index (κ2) is 17.0.